The predicted octanol–water partition coefficient (Wildman–Crippen LogP) is 6.99. The molecule has 0 radical (unpaired) electrons. The molecule has 10 heteroatoms. The number of aryl methyl sites for hydroxylation is 1. The first-order chi connectivity index (χ1) is 19.5. The number of carbonyl (C=O) groups is 2. The highest BCUT2D eigenvalue weighted by molar-refractivity contribution is 6.11. The van der Waals surface area contributed by atoms with Crippen molar-refractivity contribution in [3.8, 4) is 22.5 Å². The number of primary amides is 1. The van der Waals surface area contributed by atoms with E-state index in [1.807, 2.05) is 6.92 Å². The molecule has 1 saturated carbocycles. The van der Waals surface area contributed by atoms with Crippen LogP contribution in [0, 0.1) is 11.6 Å². The average Bonchev–Trinajstić information content (AvgIpc) is 3.26. The number of hydrogen-bond acceptors (Lipinski definition) is 4. The highest BCUT2D eigenvalue weighted by atomic mass is 19.3. The zero-order chi connectivity index (χ0) is 29.5. The van der Waals surface area contributed by atoms with E-state index in [1.54, 1.807) is 19.1 Å². The second-order valence-corrected chi connectivity index (χ2v) is 10.6. The lowest BCUT2D eigenvalue weighted by atomic mass is 9.75. The van der Waals surface area contributed by atoms with Crippen molar-refractivity contribution < 1.29 is 36.3 Å². The fourth-order valence-electron chi connectivity index (χ4n) is 5.48. The molecule has 0 atom stereocenters. The smallest absolute Gasteiger partial charge is 0.345 e. The summed E-state index contributed by atoms with van der Waals surface area (Å²) in [6, 6.07) is 13.1. The third-order valence-electron chi connectivity index (χ3n) is 7.37. The number of benzene rings is 3. The van der Waals surface area contributed by atoms with Crippen molar-refractivity contribution in [3.05, 3.63) is 82.9 Å². The Morgan fingerprint density at radius 2 is 1.76 bits per heavy atom. The first-order valence-corrected chi connectivity index (χ1v) is 13.2. The molecule has 0 spiro atoms. The van der Waals surface area contributed by atoms with E-state index >= 15 is 0 Å². The molecule has 4 aromatic rings. The number of rotatable bonds is 9. The molecule has 5 rings (SSSR count). The number of amides is 2. The maximum absolute atomic E-state index is 14.9. The van der Waals surface area contributed by atoms with Gasteiger partial charge in [0, 0.05) is 16.5 Å². The molecule has 0 unspecified atom stereocenters. The Balaban J connectivity index is 1.54. The Morgan fingerprint density at radius 1 is 1.07 bits per heavy atom. The predicted molar refractivity (Wildman–Crippen MR) is 145 cm³/mol. The Bertz CT molecular complexity index is 1630. The minimum atomic E-state index is -2.90. The second-order valence-electron chi connectivity index (χ2n) is 10.6. The third-order valence-corrected chi connectivity index (χ3v) is 7.37. The fourth-order valence-corrected chi connectivity index (χ4v) is 5.48. The molecule has 0 saturated heterocycles. The highest BCUT2D eigenvalue weighted by Crippen LogP contribution is 2.39. The van der Waals surface area contributed by atoms with Crippen LogP contribution in [-0.2, 0) is 11.2 Å². The van der Waals surface area contributed by atoms with Gasteiger partial charge in [-0.2, -0.15) is 8.78 Å². The molecule has 0 bridgehead atoms. The van der Waals surface area contributed by atoms with Crippen LogP contribution in [0.2, 0.25) is 0 Å². The van der Waals surface area contributed by atoms with E-state index in [0.717, 1.165) is 12.0 Å². The fraction of sp³-hybridized carbons (Fsp3) is 0.290. The summed E-state index contributed by atoms with van der Waals surface area (Å²) in [5, 5.41) is 3.17. The average molecular weight is 569 g/mol. The third kappa shape index (κ3) is 5.69. The number of halogens is 4. The van der Waals surface area contributed by atoms with Crippen molar-refractivity contribution in [1.29, 1.82) is 0 Å². The molecule has 0 aliphatic heterocycles. The van der Waals surface area contributed by atoms with Crippen LogP contribution in [0.3, 0.4) is 0 Å². The largest absolute Gasteiger partial charge is 0.455 e. The Labute approximate surface area is 233 Å². The van der Waals surface area contributed by atoms with Gasteiger partial charge >= 0.3 is 6.61 Å². The first-order valence-electron chi connectivity index (χ1n) is 13.2. The quantitative estimate of drug-likeness (QED) is 0.213. The minimum absolute atomic E-state index is 0.120. The Morgan fingerprint density at radius 3 is 2.39 bits per heavy atom. The minimum Gasteiger partial charge on any atom is -0.455 e. The highest BCUT2D eigenvalue weighted by Gasteiger charge is 2.43. The standard InChI is InChI=1S/C31H28F4N2O4/c1-3-4-17-12-25-23(26(28(36)38)27(41-25)16-5-8-19(32)9-6-16)13-21(17)18-7-10-24(33)22(11-18)29(39)37-31(2)14-20(15-31)40-30(34)35/h5-13,20,30H,3-4,14-15H2,1-2H3,(H2,36,38)(H,37,39). The summed E-state index contributed by atoms with van der Waals surface area (Å²) in [6.07, 6.45) is 1.05. The van der Waals surface area contributed by atoms with Gasteiger partial charge in [0.2, 0.25) is 0 Å². The van der Waals surface area contributed by atoms with Gasteiger partial charge in [-0.3, -0.25) is 9.59 Å². The van der Waals surface area contributed by atoms with Gasteiger partial charge in [-0.05, 0) is 91.4 Å². The molecule has 1 aromatic heterocycles. The van der Waals surface area contributed by atoms with Crippen LogP contribution in [0.4, 0.5) is 17.6 Å². The van der Waals surface area contributed by atoms with E-state index in [0.29, 0.717) is 34.1 Å². The van der Waals surface area contributed by atoms with Crippen molar-refractivity contribution in [2.45, 2.75) is 57.8 Å². The maximum Gasteiger partial charge on any atom is 0.345 e. The number of alkyl halides is 2. The topological polar surface area (TPSA) is 94.6 Å². The summed E-state index contributed by atoms with van der Waals surface area (Å²) >= 11 is 0. The first kappa shape index (κ1) is 28.4. The molecule has 6 nitrogen and oxygen atoms in total. The van der Waals surface area contributed by atoms with Crippen LogP contribution in [0.15, 0.2) is 59.0 Å². The summed E-state index contributed by atoms with van der Waals surface area (Å²) in [6.45, 7) is 0.776. The summed E-state index contributed by atoms with van der Waals surface area (Å²) in [5.41, 5.74) is 7.75. The molecule has 1 fully saturated rings. The van der Waals surface area contributed by atoms with Crippen molar-refractivity contribution in [2.75, 3.05) is 0 Å². The number of nitrogens with one attached hydrogen (secondary N) is 1. The normalized spacial score (nSPS) is 18.5. The van der Waals surface area contributed by atoms with Crippen molar-refractivity contribution >= 4 is 22.8 Å². The van der Waals surface area contributed by atoms with Crippen LogP contribution in [-0.4, -0.2) is 30.1 Å². The molecule has 3 N–H and O–H groups in total. The second kappa shape index (κ2) is 11.0. The Hall–Kier alpha value is -4.18. The number of furan rings is 1. The van der Waals surface area contributed by atoms with Gasteiger partial charge in [-0.1, -0.05) is 19.4 Å². The SMILES string of the molecule is CCCc1cc2oc(-c3ccc(F)cc3)c(C(N)=O)c2cc1-c1ccc(F)c(C(=O)NC2(C)CC(OC(F)F)C2)c1. The van der Waals surface area contributed by atoms with E-state index in [9.17, 15) is 27.2 Å². The van der Waals surface area contributed by atoms with Crippen molar-refractivity contribution in [1.82, 2.24) is 5.32 Å². The van der Waals surface area contributed by atoms with Crippen LogP contribution in [0.1, 0.15) is 59.4 Å². The lowest BCUT2D eigenvalue weighted by Crippen LogP contribution is -2.58. The van der Waals surface area contributed by atoms with E-state index in [2.05, 4.69) is 10.1 Å². The number of fused-ring (bicyclic) bond motifs is 1. The van der Waals surface area contributed by atoms with E-state index in [-0.39, 0.29) is 29.7 Å². The summed E-state index contributed by atoms with van der Waals surface area (Å²) < 4.78 is 63.9. The van der Waals surface area contributed by atoms with Crippen LogP contribution in [0.5, 0.6) is 0 Å². The van der Waals surface area contributed by atoms with Gasteiger partial charge in [-0.15, -0.1) is 0 Å². The molecule has 41 heavy (non-hydrogen) atoms. The molecule has 3 aromatic carbocycles. The van der Waals surface area contributed by atoms with Gasteiger partial charge in [0.1, 0.15) is 23.0 Å². The summed E-state index contributed by atoms with van der Waals surface area (Å²) in [7, 11) is 0. The monoisotopic (exact) mass is 568 g/mol. The van der Waals surface area contributed by atoms with E-state index < -0.39 is 41.7 Å². The molecule has 1 aliphatic carbocycles. The molecular formula is C31H28F4N2O4. The zero-order valence-corrected chi connectivity index (χ0v) is 22.4. The van der Waals surface area contributed by atoms with Crippen LogP contribution >= 0.6 is 0 Å². The lowest BCUT2D eigenvalue weighted by Gasteiger charge is -2.45. The number of carbonyl (C=O) groups excluding carboxylic acids is 2. The van der Waals surface area contributed by atoms with Crippen LogP contribution in [0.25, 0.3) is 33.4 Å². The molecule has 214 valence electrons. The zero-order valence-electron chi connectivity index (χ0n) is 22.4. The molecule has 1 aliphatic rings. The Kier molecular flexibility index (Phi) is 7.61. The van der Waals surface area contributed by atoms with Gasteiger partial charge in [0.05, 0.1) is 17.2 Å². The number of nitrogens with two attached hydrogens (primary N) is 1. The maximum atomic E-state index is 14.9. The van der Waals surface area contributed by atoms with Gasteiger partial charge < -0.3 is 20.2 Å². The van der Waals surface area contributed by atoms with Gasteiger partial charge in [-0.25, -0.2) is 8.78 Å². The molecular weight excluding hydrogens is 540 g/mol. The lowest BCUT2D eigenvalue weighted by molar-refractivity contribution is -0.194. The number of hydrogen-bond donors (Lipinski definition) is 2. The van der Waals surface area contributed by atoms with Crippen LogP contribution < -0.4 is 11.1 Å². The van der Waals surface area contributed by atoms with Crippen molar-refractivity contribution in [2.24, 2.45) is 5.73 Å². The van der Waals surface area contributed by atoms with E-state index in [1.165, 1.54) is 42.5 Å². The van der Waals surface area contributed by atoms with Gasteiger partial charge in [0.25, 0.3) is 11.8 Å². The van der Waals surface area contributed by atoms with Crippen molar-refractivity contribution in [3.63, 3.8) is 0 Å². The summed E-state index contributed by atoms with van der Waals surface area (Å²) in [4.78, 5) is 25.7. The molecule has 2 amide bonds. The number of ether oxygens (including phenoxy) is 1. The molecule has 1 heterocycles. The van der Waals surface area contributed by atoms with E-state index in [4.69, 9.17) is 10.2 Å². The summed E-state index contributed by atoms with van der Waals surface area (Å²) in [5.74, 6) is -2.40. The van der Waals surface area contributed by atoms with Gasteiger partial charge in [0.15, 0.2) is 0 Å².